The molecule has 1 unspecified atom stereocenters. The number of rotatable bonds is 11. The summed E-state index contributed by atoms with van der Waals surface area (Å²) in [5, 5.41) is 5.43. The van der Waals surface area contributed by atoms with Crippen molar-refractivity contribution < 1.29 is 33.0 Å². The van der Waals surface area contributed by atoms with E-state index in [0.717, 1.165) is 77.4 Å². The number of nitrogens with one attached hydrogen (secondary N) is 4. The summed E-state index contributed by atoms with van der Waals surface area (Å²) in [4.78, 5) is 74.8. The van der Waals surface area contributed by atoms with E-state index < -0.39 is 24.3 Å². The number of hydrogen-bond acceptors (Lipinski definition) is 9. The van der Waals surface area contributed by atoms with E-state index >= 15 is 0 Å². The van der Waals surface area contributed by atoms with Crippen LogP contribution in [0.3, 0.4) is 0 Å². The van der Waals surface area contributed by atoms with Crippen LogP contribution in [0.25, 0.3) is 22.1 Å². The minimum atomic E-state index is -0.725. The van der Waals surface area contributed by atoms with Crippen LogP contribution in [0.15, 0.2) is 60.7 Å². The number of hydrogen-bond donors (Lipinski definition) is 4. The summed E-state index contributed by atoms with van der Waals surface area (Å²) >= 11 is 0. The SMILES string of the molecule is COC(=O)NC(C(=O)N1CCC[C@H]1c1nc2ccc([C@H]3CC[C@H](c4ccc5nc([C@@H]6CCCN6C(=O)[C@@H](NC(=O)OC)C(C)C)[nH]c5c4)N3c3ccc(F)cc3)cc2[nH]1)C(C)C. The van der Waals surface area contributed by atoms with Gasteiger partial charge in [-0.1, -0.05) is 39.8 Å². The molecule has 328 valence electrons. The van der Waals surface area contributed by atoms with Crippen molar-refractivity contribution >= 4 is 51.8 Å². The minimum absolute atomic E-state index is 0.0408. The fraction of sp³-hybridized carbons (Fsp3) is 0.478. The van der Waals surface area contributed by atoms with Crippen LogP contribution in [0.1, 0.15) is 113 Å². The summed E-state index contributed by atoms with van der Waals surface area (Å²) in [6.45, 7) is 8.71. The fourth-order valence-corrected chi connectivity index (χ4v) is 9.65. The first-order valence-corrected chi connectivity index (χ1v) is 21.7. The van der Waals surface area contributed by atoms with Crippen molar-refractivity contribution in [1.82, 2.24) is 40.4 Å². The highest BCUT2D eigenvalue weighted by molar-refractivity contribution is 5.87. The first-order valence-electron chi connectivity index (χ1n) is 21.7. The van der Waals surface area contributed by atoms with Crippen molar-refractivity contribution in [2.45, 2.75) is 102 Å². The Labute approximate surface area is 360 Å². The third-order valence-electron chi connectivity index (χ3n) is 12.8. The molecular formula is C46H56FN9O6. The zero-order valence-corrected chi connectivity index (χ0v) is 36.1. The number of ether oxygens (including phenoxy) is 2. The first kappa shape index (κ1) is 42.5. The van der Waals surface area contributed by atoms with Gasteiger partial charge >= 0.3 is 12.2 Å². The van der Waals surface area contributed by atoms with Gasteiger partial charge in [0.05, 0.1) is 60.5 Å². The molecule has 62 heavy (non-hydrogen) atoms. The quantitative estimate of drug-likeness (QED) is 0.104. The second-order valence-corrected chi connectivity index (χ2v) is 17.4. The zero-order valence-electron chi connectivity index (χ0n) is 36.1. The number of anilines is 1. The van der Waals surface area contributed by atoms with Gasteiger partial charge < -0.3 is 44.8 Å². The number of aromatic nitrogens is 4. The van der Waals surface area contributed by atoms with Crippen molar-refractivity contribution in [2.24, 2.45) is 11.8 Å². The molecule has 3 saturated heterocycles. The summed E-state index contributed by atoms with van der Waals surface area (Å²) in [6, 6.07) is 17.1. The van der Waals surface area contributed by atoms with E-state index in [4.69, 9.17) is 19.4 Å². The Morgan fingerprint density at radius 3 is 1.48 bits per heavy atom. The maximum absolute atomic E-state index is 14.4. The van der Waals surface area contributed by atoms with Crippen molar-refractivity contribution in [3.63, 3.8) is 0 Å². The average molecular weight is 850 g/mol. The Hall–Kier alpha value is -6.19. The lowest BCUT2D eigenvalue weighted by molar-refractivity contribution is -0.136. The molecule has 0 spiro atoms. The van der Waals surface area contributed by atoms with E-state index in [1.54, 1.807) is 0 Å². The molecule has 3 aliphatic rings. The predicted molar refractivity (Wildman–Crippen MR) is 231 cm³/mol. The van der Waals surface area contributed by atoms with E-state index in [1.165, 1.54) is 26.4 Å². The number of likely N-dealkylation sites (tertiary alicyclic amines) is 2. The molecule has 4 amide bonds. The van der Waals surface area contributed by atoms with Gasteiger partial charge in [-0.2, -0.15) is 0 Å². The zero-order chi connectivity index (χ0) is 43.8. The van der Waals surface area contributed by atoms with Gasteiger partial charge in [-0.05, 0) is 110 Å². The van der Waals surface area contributed by atoms with Crippen LogP contribution in [-0.2, 0) is 19.1 Å². The van der Waals surface area contributed by atoms with E-state index in [1.807, 2.05) is 61.8 Å². The van der Waals surface area contributed by atoms with Crippen molar-refractivity contribution in [2.75, 3.05) is 32.2 Å². The molecule has 16 heteroatoms. The molecule has 0 radical (unpaired) electrons. The smallest absolute Gasteiger partial charge is 0.407 e. The summed E-state index contributed by atoms with van der Waals surface area (Å²) in [6.07, 6.45) is 3.52. The maximum Gasteiger partial charge on any atom is 0.407 e. The van der Waals surface area contributed by atoms with E-state index in [0.29, 0.717) is 24.7 Å². The molecule has 5 heterocycles. The molecule has 3 fully saturated rings. The number of fused-ring (bicyclic) bond motifs is 2. The minimum Gasteiger partial charge on any atom is -0.453 e. The summed E-state index contributed by atoms with van der Waals surface area (Å²) in [5.41, 5.74) is 6.37. The van der Waals surface area contributed by atoms with Crippen LogP contribution in [0, 0.1) is 17.7 Å². The van der Waals surface area contributed by atoms with Crippen LogP contribution in [0.2, 0.25) is 0 Å². The van der Waals surface area contributed by atoms with Gasteiger partial charge in [-0.3, -0.25) is 9.59 Å². The Morgan fingerprint density at radius 1 is 0.645 bits per heavy atom. The number of amides is 4. The number of H-pyrrole nitrogens is 2. The average Bonchev–Trinajstić information content (AvgIpc) is 4.12. The number of alkyl carbamates (subject to hydrolysis) is 2. The summed E-state index contributed by atoms with van der Waals surface area (Å²) in [7, 11) is 2.57. The second kappa shape index (κ2) is 17.7. The number of benzene rings is 3. The van der Waals surface area contributed by atoms with Crippen molar-refractivity contribution in [1.29, 1.82) is 0 Å². The molecule has 6 atom stereocenters. The van der Waals surface area contributed by atoms with E-state index in [-0.39, 0.29) is 53.6 Å². The third-order valence-corrected chi connectivity index (χ3v) is 12.8. The Balaban J connectivity index is 1.06. The van der Waals surface area contributed by atoms with E-state index in [2.05, 4.69) is 49.8 Å². The topological polar surface area (TPSA) is 178 Å². The van der Waals surface area contributed by atoms with Crippen LogP contribution in [0.4, 0.5) is 19.7 Å². The standard InChI is InChI=1S/C46H56FN9O6/c1-25(2)39(52-45(59)61-5)43(57)54-21-7-9-37(54)41-48-31-17-11-27(23-33(31)50-41)35-19-20-36(56(35)30-15-13-29(47)14-16-30)28-12-18-32-34(24-28)51-42(49-32)38-10-8-22-55(38)44(58)40(26(3)4)53-46(60)62-6/h11-18,23-26,35-40H,7-10,19-22H2,1-6H3,(H,48,50)(H,49,51)(H,52,59)(H,53,60)/t35-,36-,37+,38+,39+,40?/m1/s1. The van der Waals surface area contributed by atoms with Gasteiger partial charge in [0.15, 0.2) is 0 Å². The van der Waals surface area contributed by atoms with Crippen LogP contribution in [-0.4, -0.2) is 93.1 Å². The highest BCUT2D eigenvalue weighted by atomic mass is 19.1. The lowest BCUT2D eigenvalue weighted by Gasteiger charge is -2.33. The second-order valence-electron chi connectivity index (χ2n) is 17.4. The third kappa shape index (κ3) is 8.26. The molecule has 8 rings (SSSR count). The number of aromatic amines is 2. The first-order chi connectivity index (χ1) is 29.8. The molecule has 4 N–H and O–H groups in total. The predicted octanol–water partition coefficient (Wildman–Crippen LogP) is 7.75. The van der Waals surface area contributed by atoms with Gasteiger partial charge in [0, 0.05) is 18.8 Å². The lowest BCUT2D eigenvalue weighted by Crippen LogP contribution is -2.51. The highest BCUT2D eigenvalue weighted by Crippen LogP contribution is 2.48. The molecule has 0 bridgehead atoms. The number of carbonyl (C=O) groups excluding carboxylic acids is 4. The molecule has 2 aromatic heterocycles. The number of methoxy groups -OCH3 is 2. The number of nitrogens with zero attached hydrogens (tertiary/aromatic N) is 5. The van der Waals surface area contributed by atoms with Crippen LogP contribution in [0.5, 0.6) is 0 Å². The number of halogens is 1. The van der Waals surface area contributed by atoms with Crippen LogP contribution < -0.4 is 15.5 Å². The van der Waals surface area contributed by atoms with Crippen LogP contribution >= 0.6 is 0 Å². The Morgan fingerprint density at radius 2 is 1.08 bits per heavy atom. The fourth-order valence-electron chi connectivity index (χ4n) is 9.65. The van der Waals surface area contributed by atoms with Gasteiger partial charge in [0.1, 0.15) is 29.5 Å². The van der Waals surface area contributed by atoms with Gasteiger partial charge in [-0.25, -0.2) is 23.9 Å². The molecular weight excluding hydrogens is 794 g/mol. The van der Waals surface area contributed by atoms with Gasteiger partial charge in [-0.15, -0.1) is 0 Å². The normalized spacial score (nSPS) is 21.3. The monoisotopic (exact) mass is 849 g/mol. The van der Waals surface area contributed by atoms with Crippen molar-refractivity contribution in [3.05, 3.63) is 89.3 Å². The molecule has 3 aliphatic heterocycles. The van der Waals surface area contributed by atoms with Gasteiger partial charge in [0.25, 0.3) is 0 Å². The Bertz CT molecular complexity index is 2300. The molecule has 3 aromatic carbocycles. The summed E-state index contributed by atoms with van der Waals surface area (Å²) in [5.74, 6) is 0.509. The molecule has 5 aromatic rings. The molecule has 15 nitrogen and oxygen atoms in total. The maximum atomic E-state index is 14.4. The van der Waals surface area contributed by atoms with E-state index in [9.17, 15) is 23.6 Å². The highest BCUT2D eigenvalue weighted by Gasteiger charge is 2.40. The largest absolute Gasteiger partial charge is 0.453 e. The number of imidazole rings is 2. The summed E-state index contributed by atoms with van der Waals surface area (Å²) < 4.78 is 24.0. The number of carbonyl (C=O) groups is 4. The lowest BCUT2D eigenvalue weighted by atomic mass is 10.0. The molecule has 0 aliphatic carbocycles. The van der Waals surface area contributed by atoms with Crippen molar-refractivity contribution in [3.8, 4) is 0 Å². The molecule has 0 saturated carbocycles. The van der Waals surface area contributed by atoms with Gasteiger partial charge in [0.2, 0.25) is 11.8 Å². The Kier molecular flexibility index (Phi) is 12.1.